The number of hydrogen-bond donors (Lipinski definition) is 1. The molecule has 1 aromatic rings. The minimum atomic E-state index is -0.296. The third kappa shape index (κ3) is 3.05. The number of esters is 1. The molecule has 0 aliphatic carbocycles. The summed E-state index contributed by atoms with van der Waals surface area (Å²) < 4.78 is 6.48. The van der Waals surface area contributed by atoms with Crippen LogP contribution < -0.4 is 5.73 Å². The van der Waals surface area contributed by atoms with Crippen molar-refractivity contribution in [2.24, 2.45) is 5.73 Å². The molecular formula is C8H9Br2NO2S. The summed E-state index contributed by atoms with van der Waals surface area (Å²) in [5.41, 5.74) is 5.82. The van der Waals surface area contributed by atoms with Gasteiger partial charge in [0.15, 0.2) is 0 Å². The molecular weight excluding hydrogens is 334 g/mol. The van der Waals surface area contributed by atoms with E-state index in [9.17, 15) is 4.79 Å². The van der Waals surface area contributed by atoms with Crippen molar-refractivity contribution in [2.75, 3.05) is 7.11 Å². The molecule has 1 unspecified atom stereocenters. The van der Waals surface area contributed by atoms with Crippen molar-refractivity contribution in [2.45, 2.75) is 12.5 Å². The third-order valence-corrected chi connectivity index (χ3v) is 5.03. The number of carbonyl (C=O) groups is 1. The Bertz CT molecular complexity index is 321. The number of ether oxygens (including phenoxy) is 1. The summed E-state index contributed by atoms with van der Waals surface area (Å²) in [6, 6.07) is 1.61. The number of carbonyl (C=O) groups excluding carboxylic acids is 1. The molecule has 6 heteroatoms. The molecule has 14 heavy (non-hydrogen) atoms. The Morgan fingerprint density at radius 2 is 2.36 bits per heavy atom. The van der Waals surface area contributed by atoms with E-state index in [4.69, 9.17) is 5.73 Å². The number of rotatable bonds is 3. The minimum absolute atomic E-state index is 0.204. The number of halogens is 2. The lowest BCUT2D eigenvalue weighted by Crippen LogP contribution is -2.15. The van der Waals surface area contributed by atoms with Crippen molar-refractivity contribution >= 4 is 49.2 Å². The zero-order valence-electron chi connectivity index (χ0n) is 7.42. The van der Waals surface area contributed by atoms with Crippen LogP contribution in [0, 0.1) is 0 Å². The van der Waals surface area contributed by atoms with E-state index in [-0.39, 0.29) is 18.4 Å². The summed E-state index contributed by atoms with van der Waals surface area (Å²) in [5, 5.41) is 0. The predicted molar refractivity (Wildman–Crippen MR) is 63.3 cm³/mol. The molecule has 0 spiro atoms. The van der Waals surface area contributed by atoms with Gasteiger partial charge in [0.2, 0.25) is 0 Å². The highest BCUT2D eigenvalue weighted by Crippen LogP contribution is 2.35. The van der Waals surface area contributed by atoms with Gasteiger partial charge < -0.3 is 10.5 Å². The van der Waals surface area contributed by atoms with Gasteiger partial charge in [-0.05, 0) is 37.9 Å². The van der Waals surface area contributed by atoms with Gasteiger partial charge in [-0.3, -0.25) is 4.79 Å². The number of thiophene rings is 1. The second-order valence-corrected chi connectivity index (χ2v) is 5.91. The van der Waals surface area contributed by atoms with Crippen LogP contribution in [0.15, 0.2) is 14.3 Å². The van der Waals surface area contributed by atoms with E-state index in [1.54, 1.807) is 0 Å². The highest BCUT2D eigenvalue weighted by atomic mass is 79.9. The first-order valence-corrected chi connectivity index (χ1v) is 6.22. The van der Waals surface area contributed by atoms with Crippen LogP contribution in [-0.2, 0) is 9.53 Å². The van der Waals surface area contributed by atoms with E-state index < -0.39 is 0 Å². The maximum absolute atomic E-state index is 11.0. The predicted octanol–water partition coefficient (Wildman–Crippen LogP) is 2.84. The zero-order chi connectivity index (χ0) is 10.7. The molecule has 1 heterocycles. The molecule has 0 fully saturated rings. The summed E-state index contributed by atoms with van der Waals surface area (Å²) in [4.78, 5) is 11.9. The highest BCUT2D eigenvalue weighted by Gasteiger charge is 2.15. The molecule has 78 valence electrons. The third-order valence-electron chi connectivity index (χ3n) is 1.64. The number of nitrogens with two attached hydrogens (primary N) is 1. The smallest absolute Gasteiger partial charge is 0.307 e. The molecule has 3 nitrogen and oxygen atoms in total. The lowest BCUT2D eigenvalue weighted by Gasteiger charge is -2.06. The Morgan fingerprint density at radius 3 is 2.79 bits per heavy atom. The Kier molecular flexibility index (Phi) is 4.56. The van der Waals surface area contributed by atoms with E-state index >= 15 is 0 Å². The molecule has 0 aromatic carbocycles. The molecule has 2 N–H and O–H groups in total. The largest absolute Gasteiger partial charge is 0.469 e. The molecule has 0 amide bonds. The van der Waals surface area contributed by atoms with Gasteiger partial charge in [-0.1, -0.05) is 0 Å². The highest BCUT2D eigenvalue weighted by molar-refractivity contribution is 9.13. The van der Waals surface area contributed by atoms with Crippen molar-refractivity contribution in [3.05, 3.63) is 19.2 Å². The van der Waals surface area contributed by atoms with Gasteiger partial charge in [0.25, 0.3) is 0 Å². The fraction of sp³-hybridized carbons (Fsp3) is 0.375. The normalized spacial score (nSPS) is 12.6. The van der Waals surface area contributed by atoms with Crippen molar-refractivity contribution < 1.29 is 9.53 Å². The van der Waals surface area contributed by atoms with E-state index in [1.807, 2.05) is 6.07 Å². The van der Waals surface area contributed by atoms with Crippen LogP contribution in [-0.4, -0.2) is 13.1 Å². The first-order chi connectivity index (χ1) is 6.54. The Hall–Kier alpha value is 0.0900. The average molecular weight is 343 g/mol. The van der Waals surface area contributed by atoms with Gasteiger partial charge in [0.05, 0.1) is 17.3 Å². The van der Waals surface area contributed by atoms with Crippen molar-refractivity contribution in [3.8, 4) is 0 Å². The summed E-state index contributed by atoms with van der Waals surface area (Å²) in [6.45, 7) is 0. The second kappa shape index (κ2) is 5.25. The average Bonchev–Trinajstić information content (AvgIpc) is 2.47. The molecule has 1 atom stereocenters. The maximum Gasteiger partial charge on any atom is 0.307 e. The van der Waals surface area contributed by atoms with Crippen LogP contribution in [0.4, 0.5) is 0 Å². The van der Waals surface area contributed by atoms with Gasteiger partial charge >= 0.3 is 5.97 Å². The number of hydrogen-bond acceptors (Lipinski definition) is 4. The lowest BCUT2D eigenvalue weighted by atomic mass is 10.2. The maximum atomic E-state index is 11.0. The van der Waals surface area contributed by atoms with Crippen molar-refractivity contribution in [1.82, 2.24) is 0 Å². The summed E-state index contributed by atoms with van der Waals surface area (Å²) in [6.07, 6.45) is 0.204. The molecule has 0 bridgehead atoms. The minimum Gasteiger partial charge on any atom is -0.469 e. The quantitative estimate of drug-likeness (QED) is 0.859. The van der Waals surface area contributed by atoms with Gasteiger partial charge in [-0.2, -0.15) is 0 Å². The van der Waals surface area contributed by atoms with Crippen molar-refractivity contribution in [1.29, 1.82) is 0 Å². The van der Waals surface area contributed by atoms with Crippen LogP contribution in [0.3, 0.4) is 0 Å². The van der Waals surface area contributed by atoms with Crippen molar-refractivity contribution in [3.63, 3.8) is 0 Å². The Balaban J connectivity index is 2.69. The number of methoxy groups -OCH3 is 1. The summed E-state index contributed by atoms with van der Waals surface area (Å²) in [5.74, 6) is -0.293. The van der Waals surface area contributed by atoms with E-state index in [0.29, 0.717) is 0 Å². The molecule has 1 rings (SSSR count). The van der Waals surface area contributed by atoms with E-state index in [1.165, 1.54) is 18.4 Å². The molecule has 0 aliphatic heterocycles. The lowest BCUT2D eigenvalue weighted by molar-refractivity contribution is -0.141. The Morgan fingerprint density at radius 1 is 1.71 bits per heavy atom. The Labute approximate surface area is 103 Å². The summed E-state index contributed by atoms with van der Waals surface area (Å²) in [7, 11) is 1.36. The van der Waals surface area contributed by atoms with Crippen LogP contribution in [0.25, 0.3) is 0 Å². The molecule has 0 aliphatic rings. The first-order valence-electron chi connectivity index (χ1n) is 3.81. The van der Waals surface area contributed by atoms with Gasteiger partial charge in [0.1, 0.15) is 0 Å². The monoisotopic (exact) mass is 341 g/mol. The summed E-state index contributed by atoms with van der Waals surface area (Å²) >= 11 is 8.24. The van der Waals surface area contributed by atoms with Crippen LogP contribution >= 0.6 is 43.2 Å². The fourth-order valence-corrected chi connectivity index (χ4v) is 3.00. The van der Waals surface area contributed by atoms with Crippen LogP contribution in [0.2, 0.25) is 0 Å². The van der Waals surface area contributed by atoms with E-state index in [0.717, 1.165) is 13.1 Å². The first kappa shape index (κ1) is 12.2. The zero-order valence-corrected chi connectivity index (χ0v) is 11.4. The standard InChI is InChI=1S/C8H9Br2NO2S/c1-13-7(12)3-5(11)6-2-4(9)8(10)14-6/h2,5H,3,11H2,1H3. The van der Waals surface area contributed by atoms with E-state index in [2.05, 4.69) is 36.6 Å². The topological polar surface area (TPSA) is 52.3 Å². The molecule has 0 radical (unpaired) electrons. The van der Waals surface area contributed by atoms with Gasteiger partial charge in [-0.25, -0.2) is 0 Å². The van der Waals surface area contributed by atoms with Crippen LogP contribution in [0.5, 0.6) is 0 Å². The van der Waals surface area contributed by atoms with Crippen LogP contribution in [0.1, 0.15) is 17.3 Å². The molecule has 0 saturated heterocycles. The molecule has 1 aromatic heterocycles. The fourth-order valence-electron chi connectivity index (χ4n) is 0.910. The molecule has 0 saturated carbocycles. The second-order valence-electron chi connectivity index (χ2n) is 2.66. The van der Waals surface area contributed by atoms with Gasteiger partial charge in [-0.15, -0.1) is 11.3 Å². The van der Waals surface area contributed by atoms with Gasteiger partial charge in [0, 0.05) is 15.4 Å². The SMILES string of the molecule is COC(=O)CC(N)c1cc(Br)c(Br)s1.